The average Bonchev–Trinajstić information content (AvgIpc) is 2.93. The van der Waals surface area contributed by atoms with Gasteiger partial charge < -0.3 is 15.2 Å². The average molecular weight is 638 g/mol. The van der Waals surface area contributed by atoms with Crippen molar-refractivity contribution in [3.8, 4) is 17.2 Å². The van der Waals surface area contributed by atoms with Gasteiger partial charge in [-0.1, -0.05) is 37.1 Å². The van der Waals surface area contributed by atoms with Crippen LogP contribution in [0.5, 0.6) is 17.2 Å². The van der Waals surface area contributed by atoms with E-state index in [1.807, 2.05) is 24.3 Å². The first-order chi connectivity index (χ1) is 19.6. The van der Waals surface area contributed by atoms with Crippen LogP contribution in [-0.2, 0) is 16.6 Å². The highest BCUT2D eigenvalue weighted by Crippen LogP contribution is 2.29. The highest BCUT2D eigenvalue weighted by molar-refractivity contribution is 7.92. The molecule has 0 aliphatic carbocycles. The molecule has 0 spiro atoms. The number of amides is 2. The van der Waals surface area contributed by atoms with E-state index >= 15 is 0 Å². The molecule has 0 aromatic heterocycles. The summed E-state index contributed by atoms with van der Waals surface area (Å²) in [4.78, 5) is 17.2. The minimum Gasteiger partial charge on any atom is -0.506 e. The third-order valence-electron chi connectivity index (χ3n) is 6.86. The number of ether oxygens (including phenoxy) is 1. The largest absolute Gasteiger partial charge is 0.506 e. The quantitative estimate of drug-likeness (QED) is 0.218. The molecule has 3 N–H and O–H groups in total. The van der Waals surface area contributed by atoms with E-state index in [1.54, 1.807) is 41.3 Å². The predicted octanol–water partition coefficient (Wildman–Crippen LogP) is 6.61. The molecule has 0 saturated carbocycles. The van der Waals surface area contributed by atoms with Gasteiger partial charge in [-0.05, 0) is 73.4 Å². The van der Waals surface area contributed by atoms with E-state index in [-0.39, 0.29) is 35.3 Å². The van der Waals surface area contributed by atoms with Crippen LogP contribution in [0.4, 0.5) is 16.2 Å². The first kappa shape index (κ1) is 33.3. The van der Waals surface area contributed by atoms with Crippen molar-refractivity contribution in [1.82, 2.24) is 10.2 Å². The summed E-state index contributed by atoms with van der Waals surface area (Å²) in [5, 5.41) is 13.5. The van der Waals surface area contributed by atoms with E-state index in [9.17, 15) is 18.3 Å². The van der Waals surface area contributed by atoms with Crippen molar-refractivity contribution >= 4 is 51.4 Å². The number of urea groups is 1. The summed E-state index contributed by atoms with van der Waals surface area (Å²) in [5.41, 5.74) is 2.28. The number of hydrogen-bond acceptors (Lipinski definition) is 6. The fraction of sp³-hybridized carbons (Fsp3) is 0.367. The molecular weight excluding hydrogens is 599 g/mol. The minimum absolute atomic E-state index is 0. The summed E-state index contributed by atoms with van der Waals surface area (Å²) >= 11 is 5.96. The fourth-order valence-corrected chi connectivity index (χ4v) is 5.37. The number of halogens is 2. The molecule has 3 aromatic rings. The SMILES string of the molecule is CCCCN(C(=O)NC1CCN(Cc2ccc(Oc3ccc(NS(C)(=O)=O)cc3)cc2)CC1)c1ccc(Cl)c(O)c1.Cl. The smallest absolute Gasteiger partial charge is 0.322 e. The second-order valence-corrected chi connectivity index (χ2v) is 12.4. The number of phenols is 1. The van der Waals surface area contributed by atoms with Crippen LogP contribution in [0.25, 0.3) is 0 Å². The number of anilines is 2. The number of nitrogens with one attached hydrogen (secondary N) is 2. The maximum Gasteiger partial charge on any atom is 0.322 e. The van der Waals surface area contributed by atoms with Crippen molar-refractivity contribution in [2.24, 2.45) is 0 Å². The van der Waals surface area contributed by atoms with Gasteiger partial charge in [0.15, 0.2) is 0 Å². The Labute approximate surface area is 259 Å². The minimum atomic E-state index is -3.32. The molecule has 2 amide bonds. The third kappa shape index (κ3) is 9.97. The Morgan fingerprint density at radius 3 is 2.24 bits per heavy atom. The zero-order valence-electron chi connectivity index (χ0n) is 23.8. The lowest BCUT2D eigenvalue weighted by atomic mass is 10.0. The Bertz CT molecular complexity index is 1410. The van der Waals surface area contributed by atoms with Gasteiger partial charge in [0.25, 0.3) is 0 Å². The van der Waals surface area contributed by atoms with Crippen molar-refractivity contribution in [1.29, 1.82) is 0 Å². The molecule has 3 aromatic carbocycles. The van der Waals surface area contributed by atoms with Crippen LogP contribution in [0.15, 0.2) is 66.7 Å². The van der Waals surface area contributed by atoms with E-state index in [2.05, 4.69) is 21.9 Å². The second kappa shape index (κ2) is 15.3. The molecule has 1 fully saturated rings. The lowest BCUT2D eigenvalue weighted by molar-refractivity contribution is 0.188. The molecule has 12 heteroatoms. The topological polar surface area (TPSA) is 111 Å². The number of piperidine rings is 1. The summed E-state index contributed by atoms with van der Waals surface area (Å²) in [5.74, 6) is 1.27. The number of benzene rings is 3. The number of unbranched alkanes of at least 4 members (excludes halogenated alkanes) is 1. The third-order valence-corrected chi connectivity index (χ3v) is 7.79. The fourth-order valence-electron chi connectivity index (χ4n) is 4.68. The normalized spacial score (nSPS) is 14.1. The Balaban J connectivity index is 0.00000484. The van der Waals surface area contributed by atoms with Crippen molar-refractivity contribution in [3.05, 3.63) is 77.3 Å². The Hall–Kier alpha value is -3.18. The van der Waals surface area contributed by atoms with E-state index in [0.29, 0.717) is 29.4 Å². The van der Waals surface area contributed by atoms with Crippen LogP contribution in [0.1, 0.15) is 38.2 Å². The number of sulfonamides is 1. The van der Waals surface area contributed by atoms with Gasteiger partial charge in [0.05, 0.1) is 11.3 Å². The van der Waals surface area contributed by atoms with Crippen LogP contribution in [0.3, 0.4) is 0 Å². The van der Waals surface area contributed by atoms with Crippen LogP contribution in [-0.4, -0.2) is 56.4 Å². The molecule has 1 aliphatic heterocycles. The number of aromatic hydroxyl groups is 1. The van der Waals surface area contributed by atoms with Gasteiger partial charge in [0.1, 0.15) is 17.2 Å². The molecular formula is C30H38Cl2N4O5S. The van der Waals surface area contributed by atoms with Crippen molar-refractivity contribution < 1.29 is 23.1 Å². The number of carbonyl (C=O) groups is 1. The van der Waals surface area contributed by atoms with Gasteiger partial charge >= 0.3 is 6.03 Å². The molecule has 42 heavy (non-hydrogen) atoms. The zero-order valence-corrected chi connectivity index (χ0v) is 26.1. The van der Waals surface area contributed by atoms with Crippen molar-refractivity contribution in [3.63, 3.8) is 0 Å². The molecule has 4 rings (SSSR count). The molecule has 9 nitrogen and oxygen atoms in total. The van der Waals surface area contributed by atoms with Gasteiger partial charge in [0, 0.05) is 49.7 Å². The van der Waals surface area contributed by atoms with Crippen LogP contribution >= 0.6 is 24.0 Å². The van der Waals surface area contributed by atoms with Crippen molar-refractivity contribution in [2.75, 3.05) is 35.5 Å². The monoisotopic (exact) mass is 636 g/mol. The second-order valence-electron chi connectivity index (χ2n) is 10.3. The first-order valence-electron chi connectivity index (χ1n) is 13.7. The van der Waals surface area contributed by atoms with Crippen LogP contribution in [0.2, 0.25) is 5.02 Å². The number of rotatable bonds is 11. The van der Waals surface area contributed by atoms with Crippen LogP contribution < -0.4 is 19.7 Å². The molecule has 0 bridgehead atoms. The van der Waals surface area contributed by atoms with Gasteiger partial charge in [-0.15, -0.1) is 12.4 Å². The van der Waals surface area contributed by atoms with Gasteiger partial charge in [0.2, 0.25) is 10.0 Å². The van der Waals surface area contributed by atoms with Crippen LogP contribution in [0, 0.1) is 0 Å². The maximum atomic E-state index is 13.2. The van der Waals surface area contributed by atoms with E-state index < -0.39 is 10.0 Å². The lowest BCUT2D eigenvalue weighted by Crippen LogP contribution is -2.49. The summed E-state index contributed by atoms with van der Waals surface area (Å²) < 4.78 is 31.0. The standard InChI is InChI=1S/C30H37ClN4O5S.ClH/c1-3-4-17-35(25-9-14-28(31)29(36)20-25)30(37)32-23-15-18-34(19-16-23)21-22-5-10-26(11-6-22)40-27-12-7-24(8-13-27)33-41(2,38)39;/h5-14,20,23,33,36H,3-4,15-19,21H2,1-2H3,(H,32,37);1H. The number of phenolic OH excluding ortho intramolecular Hbond substituents is 1. The van der Waals surface area contributed by atoms with Gasteiger partial charge in [-0.2, -0.15) is 0 Å². The number of carbonyl (C=O) groups excluding carboxylic acids is 1. The summed E-state index contributed by atoms with van der Waals surface area (Å²) in [6.07, 6.45) is 4.62. The molecule has 0 unspecified atom stereocenters. The van der Waals surface area contributed by atoms with E-state index in [4.69, 9.17) is 16.3 Å². The highest BCUT2D eigenvalue weighted by Gasteiger charge is 2.24. The van der Waals surface area contributed by atoms with E-state index in [1.165, 1.54) is 11.6 Å². The molecule has 0 radical (unpaired) electrons. The lowest BCUT2D eigenvalue weighted by Gasteiger charge is -2.34. The number of nitrogens with zero attached hydrogens (tertiary/aromatic N) is 2. The van der Waals surface area contributed by atoms with Gasteiger partial charge in [-0.3, -0.25) is 14.5 Å². The zero-order chi connectivity index (χ0) is 29.4. The molecule has 228 valence electrons. The molecule has 1 saturated heterocycles. The molecule has 1 aliphatic rings. The summed E-state index contributed by atoms with van der Waals surface area (Å²) in [7, 11) is -3.32. The highest BCUT2D eigenvalue weighted by atomic mass is 35.5. The number of hydrogen-bond donors (Lipinski definition) is 3. The Morgan fingerprint density at radius 2 is 1.67 bits per heavy atom. The number of likely N-dealkylation sites (tertiary alicyclic amines) is 1. The van der Waals surface area contributed by atoms with Crippen molar-refractivity contribution in [2.45, 2.75) is 45.2 Å². The predicted molar refractivity (Wildman–Crippen MR) is 171 cm³/mol. The Kier molecular flexibility index (Phi) is 12.2. The maximum absolute atomic E-state index is 13.2. The van der Waals surface area contributed by atoms with Gasteiger partial charge in [-0.25, -0.2) is 13.2 Å². The summed E-state index contributed by atoms with van der Waals surface area (Å²) in [6.45, 7) is 5.18. The molecule has 1 heterocycles. The summed E-state index contributed by atoms with van der Waals surface area (Å²) in [6, 6.07) is 19.5. The first-order valence-corrected chi connectivity index (χ1v) is 16.0. The molecule has 0 atom stereocenters. The Morgan fingerprint density at radius 1 is 1.05 bits per heavy atom. The van der Waals surface area contributed by atoms with E-state index in [0.717, 1.165) is 51.6 Å².